The Morgan fingerprint density at radius 1 is 1.20 bits per heavy atom. The van der Waals surface area contributed by atoms with Crippen molar-refractivity contribution >= 4 is 6.08 Å². The van der Waals surface area contributed by atoms with Crippen molar-refractivity contribution in [1.29, 1.82) is 0 Å². The van der Waals surface area contributed by atoms with Crippen molar-refractivity contribution < 1.29 is 0 Å². The van der Waals surface area contributed by atoms with Crippen LogP contribution in [0.5, 0.6) is 0 Å². The van der Waals surface area contributed by atoms with Crippen LogP contribution in [-0.2, 0) is 6.42 Å². The normalized spacial score (nSPS) is 12.8. The lowest BCUT2D eigenvalue weighted by Crippen LogP contribution is -1.93. The van der Waals surface area contributed by atoms with Gasteiger partial charge < -0.3 is 0 Å². The van der Waals surface area contributed by atoms with Crippen LogP contribution < -0.4 is 0 Å². The maximum atomic E-state index is 4.24. The van der Waals surface area contributed by atoms with Crippen LogP contribution >= 0.6 is 0 Å². The molecule has 1 aliphatic carbocycles. The summed E-state index contributed by atoms with van der Waals surface area (Å²) in [4.78, 5) is 8.19. The molecule has 0 atom stereocenters. The fourth-order valence-electron chi connectivity index (χ4n) is 1.87. The predicted molar refractivity (Wildman–Crippen MR) is 59.0 cm³/mol. The highest BCUT2D eigenvalue weighted by molar-refractivity contribution is 5.76. The molecule has 1 aromatic carbocycles. The van der Waals surface area contributed by atoms with Crippen LogP contribution in [0.25, 0.3) is 17.3 Å². The molecular formula is C13H9N2. The topological polar surface area (TPSA) is 25.8 Å². The van der Waals surface area contributed by atoms with Crippen molar-refractivity contribution in [3.05, 3.63) is 54.0 Å². The van der Waals surface area contributed by atoms with E-state index in [1.807, 2.05) is 18.3 Å². The first-order valence-electron chi connectivity index (χ1n) is 4.93. The van der Waals surface area contributed by atoms with Gasteiger partial charge in [-0.05, 0) is 12.0 Å². The summed E-state index contributed by atoms with van der Waals surface area (Å²) in [7, 11) is 0. The summed E-state index contributed by atoms with van der Waals surface area (Å²) in [6.07, 6.45) is 9.67. The van der Waals surface area contributed by atoms with E-state index in [-0.39, 0.29) is 0 Å². The second-order valence-electron chi connectivity index (χ2n) is 3.54. The maximum Gasteiger partial charge on any atom is 0.198 e. The van der Waals surface area contributed by atoms with Crippen molar-refractivity contribution in [2.45, 2.75) is 6.42 Å². The zero-order chi connectivity index (χ0) is 10.1. The average molecular weight is 193 g/mol. The van der Waals surface area contributed by atoms with E-state index in [9.17, 15) is 0 Å². The molecule has 2 heteroatoms. The Hall–Kier alpha value is -1.96. The van der Waals surface area contributed by atoms with E-state index in [4.69, 9.17) is 0 Å². The number of hydrogen-bond acceptors (Lipinski definition) is 2. The molecule has 0 aliphatic heterocycles. The van der Waals surface area contributed by atoms with E-state index >= 15 is 0 Å². The Balaban J connectivity index is 2.33. The van der Waals surface area contributed by atoms with Crippen LogP contribution in [0.1, 0.15) is 11.1 Å². The largest absolute Gasteiger partial charge is 0.233 e. The van der Waals surface area contributed by atoms with E-state index in [1.54, 1.807) is 0 Å². The molecule has 1 heterocycles. The molecule has 0 bridgehead atoms. The van der Waals surface area contributed by atoms with Crippen LogP contribution in [-0.4, -0.2) is 9.97 Å². The van der Waals surface area contributed by atoms with E-state index in [0.29, 0.717) is 0 Å². The first-order valence-corrected chi connectivity index (χ1v) is 4.93. The van der Waals surface area contributed by atoms with Gasteiger partial charge in [0, 0.05) is 17.3 Å². The Labute approximate surface area is 88.3 Å². The summed E-state index contributed by atoms with van der Waals surface area (Å²) in [5, 5.41) is 0. The third kappa shape index (κ3) is 1.34. The fraction of sp³-hybridized carbons (Fsp3) is 0.0769. The number of rotatable bonds is 0. The number of fused-ring (bicyclic) bond motifs is 3. The summed E-state index contributed by atoms with van der Waals surface area (Å²) >= 11 is 0. The Morgan fingerprint density at radius 3 is 3.13 bits per heavy atom. The molecule has 2 nitrogen and oxygen atoms in total. The molecule has 15 heavy (non-hydrogen) atoms. The average Bonchev–Trinajstić information content (AvgIpc) is 2.48. The van der Waals surface area contributed by atoms with Crippen LogP contribution in [0.3, 0.4) is 0 Å². The number of hydrogen-bond donors (Lipinski definition) is 0. The molecule has 0 N–H and O–H groups in total. The molecule has 0 unspecified atom stereocenters. The van der Waals surface area contributed by atoms with Crippen LogP contribution in [0, 0.1) is 6.33 Å². The highest BCUT2D eigenvalue weighted by atomic mass is 14.8. The number of benzene rings is 1. The van der Waals surface area contributed by atoms with Gasteiger partial charge in [0.15, 0.2) is 6.33 Å². The second-order valence-corrected chi connectivity index (χ2v) is 3.54. The van der Waals surface area contributed by atoms with Crippen molar-refractivity contribution in [1.82, 2.24) is 9.97 Å². The highest BCUT2D eigenvalue weighted by Crippen LogP contribution is 2.28. The molecular weight excluding hydrogens is 184 g/mol. The van der Waals surface area contributed by atoms with Gasteiger partial charge in [-0.15, -0.1) is 0 Å². The second kappa shape index (κ2) is 3.31. The minimum atomic E-state index is 0.888. The zero-order valence-corrected chi connectivity index (χ0v) is 8.14. The highest BCUT2D eigenvalue weighted by Gasteiger charge is 2.11. The molecule has 1 radical (unpaired) electrons. The number of aromatic nitrogens is 2. The molecule has 3 rings (SSSR count). The Kier molecular flexibility index (Phi) is 1.85. The summed E-state index contributed by atoms with van der Waals surface area (Å²) in [5.74, 6) is 0. The molecule has 0 saturated heterocycles. The minimum absolute atomic E-state index is 0.888. The van der Waals surface area contributed by atoms with Crippen LogP contribution in [0.15, 0.2) is 36.5 Å². The fourth-order valence-corrected chi connectivity index (χ4v) is 1.87. The van der Waals surface area contributed by atoms with E-state index < -0.39 is 0 Å². The van der Waals surface area contributed by atoms with Gasteiger partial charge in [-0.25, -0.2) is 9.97 Å². The van der Waals surface area contributed by atoms with Gasteiger partial charge in [-0.2, -0.15) is 0 Å². The standard InChI is InChI=1S/C13H9N2/c1-2-7-12-10(4-1)5-3-6-11-8-14-9-15-13(11)12/h1-5,7-8H,6H2. The van der Waals surface area contributed by atoms with Gasteiger partial charge in [0.05, 0.1) is 5.69 Å². The first-order chi connectivity index (χ1) is 7.45. The third-order valence-electron chi connectivity index (χ3n) is 2.60. The van der Waals surface area contributed by atoms with E-state index in [1.165, 1.54) is 11.1 Å². The summed E-state index contributed by atoms with van der Waals surface area (Å²) in [6, 6.07) is 8.26. The predicted octanol–water partition coefficient (Wildman–Crippen LogP) is 2.51. The van der Waals surface area contributed by atoms with Gasteiger partial charge in [0.25, 0.3) is 0 Å². The molecule has 2 aromatic rings. The molecule has 1 aliphatic rings. The zero-order valence-electron chi connectivity index (χ0n) is 8.14. The van der Waals surface area contributed by atoms with E-state index in [0.717, 1.165) is 17.7 Å². The number of allylic oxidation sites excluding steroid dienone is 1. The minimum Gasteiger partial charge on any atom is -0.233 e. The van der Waals surface area contributed by atoms with E-state index in [2.05, 4.69) is 40.6 Å². The molecule has 1 aromatic heterocycles. The lowest BCUT2D eigenvalue weighted by molar-refractivity contribution is 1.09. The van der Waals surface area contributed by atoms with Crippen molar-refractivity contribution in [2.75, 3.05) is 0 Å². The van der Waals surface area contributed by atoms with Crippen LogP contribution in [0.2, 0.25) is 0 Å². The van der Waals surface area contributed by atoms with Crippen LogP contribution in [0.4, 0.5) is 0 Å². The quantitative estimate of drug-likeness (QED) is 0.642. The van der Waals surface area contributed by atoms with Gasteiger partial charge in [-0.3, -0.25) is 0 Å². The Morgan fingerprint density at radius 2 is 2.13 bits per heavy atom. The molecule has 0 fully saturated rings. The first kappa shape index (κ1) is 8.36. The van der Waals surface area contributed by atoms with Crippen molar-refractivity contribution in [2.24, 2.45) is 0 Å². The smallest absolute Gasteiger partial charge is 0.198 e. The molecule has 0 amide bonds. The summed E-state index contributed by atoms with van der Waals surface area (Å²) in [5.41, 5.74) is 4.55. The lowest BCUT2D eigenvalue weighted by atomic mass is 10.0. The SMILES string of the molecule is [c]1ncc2c(n1)-c1ccccc1C=CC2. The van der Waals surface area contributed by atoms with Gasteiger partial charge in [0.1, 0.15) is 0 Å². The molecule has 71 valence electrons. The molecule has 0 spiro atoms. The summed E-state index contributed by atoms with van der Waals surface area (Å²) < 4.78 is 0. The lowest BCUT2D eigenvalue weighted by Gasteiger charge is -2.05. The maximum absolute atomic E-state index is 4.24. The monoisotopic (exact) mass is 193 g/mol. The number of nitrogens with zero attached hydrogens (tertiary/aromatic N) is 2. The van der Waals surface area contributed by atoms with Crippen molar-refractivity contribution in [3.8, 4) is 11.3 Å². The summed E-state index contributed by atoms with van der Waals surface area (Å²) in [6.45, 7) is 0. The van der Waals surface area contributed by atoms with Crippen molar-refractivity contribution in [3.63, 3.8) is 0 Å². The third-order valence-corrected chi connectivity index (χ3v) is 2.60. The van der Waals surface area contributed by atoms with Gasteiger partial charge in [-0.1, -0.05) is 36.4 Å². The van der Waals surface area contributed by atoms with Gasteiger partial charge >= 0.3 is 0 Å². The Bertz CT molecular complexity index is 530. The van der Waals surface area contributed by atoms with Gasteiger partial charge in [0.2, 0.25) is 0 Å². The molecule has 0 saturated carbocycles.